The molecule has 0 unspecified atom stereocenters. The molecule has 1 heterocycles. The molecule has 1 rings (SSSR count). The summed E-state index contributed by atoms with van der Waals surface area (Å²) in [6.07, 6.45) is 1.60. The second-order valence-electron chi connectivity index (χ2n) is 2.67. The lowest BCUT2D eigenvalue weighted by Crippen LogP contribution is -1.95. The van der Waals surface area contributed by atoms with Gasteiger partial charge >= 0.3 is 0 Å². The highest BCUT2D eigenvalue weighted by molar-refractivity contribution is 5.20. The van der Waals surface area contributed by atoms with Crippen molar-refractivity contribution in [3.63, 3.8) is 0 Å². The van der Waals surface area contributed by atoms with E-state index in [1.54, 1.807) is 13.3 Å². The third kappa shape index (κ3) is 1.90. The quantitative estimate of drug-likeness (QED) is 0.645. The Balaban J connectivity index is 2.91. The maximum atomic E-state index is 5.00. The molecule has 11 heavy (non-hydrogen) atoms. The molecule has 60 valence electrons. The highest BCUT2D eigenvalue weighted by Crippen LogP contribution is 2.15. The lowest BCUT2D eigenvalue weighted by atomic mass is 10.1. The van der Waals surface area contributed by atoms with Crippen molar-refractivity contribution in [2.45, 2.75) is 19.8 Å². The second-order valence-corrected chi connectivity index (χ2v) is 2.67. The van der Waals surface area contributed by atoms with Gasteiger partial charge in [0.2, 0.25) is 0 Å². The van der Waals surface area contributed by atoms with Crippen LogP contribution in [0.15, 0.2) is 12.3 Å². The van der Waals surface area contributed by atoms with Crippen LogP contribution in [-0.4, -0.2) is 17.3 Å². The normalized spacial score (nSPS) is 10.2. The number of rotatable bonds is 2. The minimum atomic E-state index is 0.401. The van der Waals surface area contributed by atoms with E-state index < -0.39 is 0 Å². The van der Waals surface area contributed by atoms with Gasteiger partial charge in [0.15, 0.2) is 0 Å². The van der Waals surface area contributed by atoms with Crippen LogP contribution in [0.4, 0.5) is 0 Å². The topological polar surface area (TPSA) is 35.0 Å². The summed E-state index contributed by atoms with van der Waals surface area (Å²) in [6, 6.07) is 1.90. The molecule has 0 radical (unpaired) electrons. The van der Waals surface area contributed by atoms with Gasteiger partial charge < -0.3 is 4.74 Å². The molecule has 0 amide bonds. The number of hydrogen-bond acceptors (Lipinski definition) is 3. The summed E-state index contributed by atoms with van der Waals surface area (Å²) >= 11 is 0. The number of methoxy groups -OCH3 is 1. The predicted octanol–water partition coefficient (Wildman–Crippen LogP) is 1.61. The van der Waals surface area contributed by atoms with Gasteiger partial charge in [0, 0.05) is 6.07 Å². The van der Waals surface area contributed by atoms with Crippen molar-refractivity contribution in [3.8, 4) is 5.75 Å². The summed E-state index contributed by atoms with van der Waals surface area (Å²) in [7, 11) is 1.63. The Labute approximate surface area is 66.4 Å². The van der Waals surface area contributed by atoms with Crippen LogP contribution in [0.1, 0.15) is 25.5 Å². The van der Waals surface area contributed by atoms with E-state index in [0.717, 1.165) is 11.4 Å². The molecule has 0 bridgehead atoms. The van der Waals surface area contributed by atoms with Crippen LogP contribution in [0.2, 0.25) is 0 Å². The molecule has 0 saturated heterocycles. The number of hydrogen-bond donors (Lipinski definition) is 0. The minimum absolute atomic E-state index is 0.401. The lowest BCUT2D eigenvalue weighted by molar-refractivity contribution is 0.410. The molecule has 0 saturated carbocycles. The lowest BCUT2D eigenvalue weighted by Gasteiger charge is -2.03. The molecular formula is C8H12N2O. The number of ether oxygens (including phenoxy) is 1. The first-order valence-electron chi connectivity index (χ1n) is 3.60. The van der Waals surface area contributed by atoms with E-state index in [2.05, 4.69) is 24.0 Å². The number of aromatic nitrogens is 2. The standard InChI is InChI=1S/C8H12N2O/c1-6(2)8-4-7(11-3)5-9-10-8/h4-6H,1-3H3. The van der Waals surface area contributed by atoms with Gasteiger partial charge in [-0.1, -0.05) is 13.8 Å². The zero-order valence-electron chi connectivity index (χ0n) is 7.03. The van der Waals surface area contributed by atoms with E-state index in [4.69, 9.17) is 4.74 Å². The molecule has 0 atom stereocenters. The second kappa shape index (κ2) is 3.32. The summed E-state index contributed by atoms with van der Waals surface area (Å²) in [6.45, 7) is 4.15. The molecule has 3 nitrogen and oxygen atoms in total. The third-order valence-electron chi connectivity index (χ3n) is 1.48. The minimum Gasteiger partial charge on any atom is -0.495 e. The molecule has 0 spiro atoms. The van der Waals surface area contributed by atoms with Crippen molar-refractivity contribution in [1.29, 1.82) is 0 Å². The van der Waals surface area contributed by atoms with Crippen LogP contribution >= 0.6 is 0 Å². The van der Waals surface area contributed by atoms with Gasteiger partial charge in [0.1, 0.15) is 5.75 Å². The molecule has 0 aliphatic heterocycles. The van der Waals surface area contributed by atoms with Gasteiger partial charge in [0.05, 0.1) is 19.0 Å². The van der Waals surface area contributed by atoms with Gasteiger partial charge in [-0.05, 0) is 5.92 Å². The van der Waals surface area contributed by atoms with Crippen molar-refractivity contribution in [2.24, 2.45) is 0 Å². The number of nitrogens with zero attached hydrogens (tertiary/aromatic N) is 2. The Kier molecular flexibility index (Phi) is 2.41. The highest BCUT2D eigenvalue weighted by Gasteiger charge is 2.01. The van der Waals surface area contributed by atoms with E-state index in [0.29, 0.717) is 5.92 Å². The van der Waals surface area contributed by atoms with Crippen LogP contribution < -0.4 is 4.74 Å². The van der Waals surface area contributed by atoms with Crippen molar-refractivity contribution < 1.29 is 4.74 Å². The predicted molar refractivity (Wildman–Crippen MR) is 42.7 cm³/mol. The van der Waals surface area contributed by atoms with E-state index >= 15 is 0 Å². The maximum absolute atomic E-state index is 5.00. The molecule has 0 aliphatic carbocycles. The summed E-state index contributed by atoms with van der Waals surface area (Å²) in [5.74, 6) is 1.17. The fourth-order valence-corrected chi connectivity index (χ4v) is 0.758. The maximum Gasteiger partial charge on any atom is 0.140 e. The fourth-order valence-electron chi connectivity index (χ4n) is 0.758. The smallest absolute Gasteiger partial charge is 0.140 e. The monoisotopic (exact) mass is 152 g/mol. The zero-order valence-corrected chi connectivity index (χ0v) is 7.03. The molecule has 0 N–H and O–H groups in total. The Morgan fingerprint density at radius 3 is 2.73 bits per heavy atom. The van der Waals surface area contributed by atoms with Gasteiger partial charge in [-0.25, -0.2) is 0 Å². The average Bonchev–Trinajstić information content (AvgIpc) is 2.05. The molecule has 0 fully saturated rings. The first-order valence-corrected chi connectivity index (χ1v) is 3.60. The molecular weight excluding hydrogens is 140 g/mol. The van der Waals surface area contributed by atoms with Crippen molar-refractivity contribution >= 4 is 0 Å². The van der Waals surface area contributed by atoms with Crippen LogP contribution in [-0.2, 0) is 0 Å². The largest absolute Gasteiger partial charge is 0.495 e. The fraction of sp³-hybridized carbons (Fsp3) is 0.500. The van der Waals surface area contributed by atoms with E-state index in [1.165, 1.54) is 0 Å². The molecule has 1 aromatic rings. The summed E-state index contributed by atoms with van der Waals surface area (Å²) in [5, 5.41) is 7.76. The van der Waals surface area contributed by atoms with Crippen molar-refractivity contribution in [3.05, 3.63) is 18.0 Å². The molecule has 3 heteroatoms. The molecule has 0 aromatic carbocycles. The van der Waals surface area contributed by atoms with Crippen LogP contribution in [0, 0.1) is 0 Å². The van der Waals surface area contributed by atoms with Crippen molar-refractivity contribution in [2.75, 3.05) is 7.11 Å². The third-order valence-corrected chi connectivity index (χ3v) is 1.48. The Morgan fingerprint density at radius 2 is 2.18 bits per heavy atom. The highest BCUT2D eigenvalue weighted by atomic mass is 16.5. The van der Waals surface area contributed by atoms with Gasteiger partial charge in [-0.15, -0.1) is 0 Å². The Bertz CT molecular complexity index is 235. The molecule has 0 aliphatic rings. The van der Waals surface area contributed by atoms with Gasteiger partial charge in [0.25, 0.3) is 0 Å². The van der Waals surface area contributed by atoms with Crippen molar-refractivity contribution in [1.82, 2.24) is 10.2 Å². The van der Waals surface area contributed by atoms with Crippen LogP contribution in [0.3, 0.4) is 0 Å². The summed E-state index contributed by atoms with van der Waals surface area (Å²) < 4.78 is 5.00. The van der Waals surface area contributed by atoms with E-state index in [1.807, 2.05) is 6.07 Å². The van der Waals surface area contributed by atoms with Crippen LogP contribution in [0.5, 0.6) is 5.75 Å². The first-order chi connectivity index (χ1) is 5.24. The molecule has 1 aromatic heterocycles. The van der Waals surface area contributed by atoms with E-state index in [9.17, 15) is 0 Å². The Hall–Kier alpha value is -1.12. The average molecular weight is 152 g/mol. The van der Waals surface area contributed by atoms with E-state index in [-0.39, 0.29) is 0 Å². The van der Waals surface area contributed by atoms with Crippen LogP contribution in [0.25, 0.3) is 0 Å². The zero-order chi connectivity index (χ0) is 8.27. The first kappa shape index (κ1) is 7.98. The summed E-state index contributed by atoms with van der Waals surface area (Å²) in [4.78, 5) is 0. The SMILES string of the molecule is COc1cnnc(C(C)C)c1. The Morgan fingerprint density at radius 1 is 1.45 bits per heavy atom. The summed E-state index contributed by atoms with van der Waals surface area (Å²) in [5.41, 5.74) is 0.962. The van der Waals surface area contributed by atoms with Gasteiger partial charge in [-0.2, -0.15) is 10.2 Å². The van der Waals surface area contributed by atoms with Gasteiger partial charge in [-0.3, -0.25) is 0 Å².